The van der Waals surface area contributed by atoms with Crippen molar-refractivity contribution in [3.05, 3.63) is 108 Å². The molecule has 2 unspecified atom stereocenters. The van der Waals surface area contributed by atoms with Crippen LogP contribution in [-0.2, 0) is 6.54 Å². The summed E-state index contributed by atoms with van der Waals surface area (Å²) in [6, 6.07) is 24.1. The van der Waals surface area contributed by atoms with Gasteiger partial charge in [-0.2, -0.15) is 0 Å². The number of nitrogens with one attached hydrogen (secondary N) is 1. The first-order valence-electron chi connectivity index (χ1n) is 10.4. The SMILES string of the molecule is Cc1ccc(Sc2ccc(C3C(c4ccccn4)NC(=S)N3Cc3ccccn3)o2)cc1. The Morgan fingerprint density at radius 2 is 1.75 bits per heavy atom. The zero-order valence-corrected chi connectivity index (χ0v) is 19.1. The highest BCUT2D eigenvalue weighted by Gasteiger charge is 2.41. The van der Waals surface area contributed by atoms with Crippen molar-refractivity contribution in [1.82, 2.24) is 20.2 Å². The quantitative estimate of drug-likeness (QED) is 0.372. The minimum Gasteiger partial charge on any atom is -0.452 e. The van der Waals surface area contributed by atoms with Gasteiger partial charge in [0.15, 0.2) is 10.2 Å². The summed E-state index contributed by atoms with van der Waals surface area (Å²) in [6.07, 6.45) is 3.61. The van der Waals surface area contributed by atoms with E-state index >= 15 is 0 Å². The van der Waals surface area contributed by atoms with Gasteiger partial charge in [-0.1, -0.05) is 41.6 Å². The second-order valence-corrected chi connectivity index (χ2v) is 9.11. The van der Waals surface area contributed by atoms with Crippen molar-refractivity contribution in [2.24, 2.45) is 0 Å². The van der Waals surface area contributed by atoms with Crippen LogP contribution in [0.2, 0.25) is 0 Å². The Kier molecular flexibility index (Phi) is 5.92. The first-order chi connectivity index (χ1) is 15.7. The van der Waals surface area contributed by atoms with E-state index in [1.54, 1.807) is 24.2 Å². The van der Waals surface area contributed by atoms with Crippen molar-refractivity contribution in [3.63, 3.8) is 0 Å². The molecule has 1 fully saturated rings. The Hall–Kier alpha value is -3.16. The Morgan fingerprint density at radius 1 is 0.969 bits per heavy atom. The normalized spacial score (nSPS) is 18.0. The molecule has 0 amide bonds. The lowest BCUT2D eigenvalue weighted by Crippen LogP contribution is -2.29. The molecule has 4 heterocycles. The third kappa shape index (κ3) is 4.40. The predicted octanol–water partition coefficient (Wildman–Crippen LogP) is 5.70. The number of aromatic nitrogens is 2. The minimum atomic E-state index is -0.133. The molecule has 32 heavy (non-hydrogen) atoms. The number of thiocarbonyl (C=S) groups is 1. The number of hydrogen-bond acceptors (Lipinski definition) is 5. The van der Waals surface area contributed by atoms with E-state index in [1.165, 1.54) is 5.56 Å². The molecule has 5 rings (SSSR count). The number of nitrogens with zero attached hydrogens (tertiary/aromatic N) is 3. The maximum atomic E-state index is 6.34. The predicted molar refractivity (Wildman–Crippen MR) is 129 cm³/mol. The van der Waals surface area contributed by atoms with Gasteiger partial charge in [-0.15, -0.1) is 0 Å². The monoisotopic (exact) mass is 458 g/mol. The molecule has 0 aliphatic carbocycles. The van der Waals surface area contributed by atoms with E-state index < -0.39 is 0 Å². The summed E-state index contributed by atoms with van der Waals surface area (Å²) in [4.78, 5) is 12.4. The van der Waals surface area contributed by atoms with E-state index in [1.807, 2.05) is 48.5 Å². The maximum absolute atomic E-state index is 6.34. The Bertz CT molecular complexity index is 1200. The van der Waals surface area contributed by atoms with Crippen LogP contribution in [-0.4, -0.2) is 20.0 Å². The van der Waals surface area contributed by atoms with Crippen LogP contribution in [0.4, 0.5) is 0 Å². The van der Waals surface area contributed by atoms with E-state index in [9.17, 15) is 0 Å². The van der Waals surface area contributed by atoms with Crippen LogP contribution in [0, 0.1) is 6.92 Å². The summed E-state index contributed by atoms with van der Waals surface area (Å²) in [6.45, 7) is 2.67. The Morgan fingerprint density at radius 3 is 2.47 bits per heavy atom. The maximum Gasteiger partial charge on any atom is 0.170 e. The second kappa shape index (κ2) is 9.14. The van der Waals surface area contributed by atoms with Crippen LogP contribution in [0.5, 0.6) is 0 Å². The van der Waals surface area contributed by atoms with Gasteiger partial charge in [0.25, 0.3) is 0 Å². The molecule has 0 spiro atoms. The summed E-state index contributed by atoms with van der Waals surface area (Å²) in [5.74, 6) is 0.846. The largest absolute Gasteiger partial charge is 0.452 e. The topological polar surface area (TPSA) is 54.2 Å². The smallest absolute Gasteiger partial charge is 0.170 e. The van der Waals surface area contributed by atoms with Crippen LogP contribution in [0.15, 0.2) is 99.6 Å². The molecule has 3 aromatic heterocycles. The van der Waals surface area contributed by atoms with Gasteiger partial charge in [0.2, 0.25) is 0 Å². The number of furan rings is 1. The average molecular weight is 459 g/mol. The van der Waals surface area contributed by atoms with E-state index in [4.69, 9.17) is 16.6 Å². The third-order valence-electron chi connectivity index (χ3n) is 5.39. The molecule has 1 aromatic carbocycles. The molecule has 2 atom stereocenters. The fourth-order valence-electron chi connectivity index (χ4n) is 3.82. The van der Waals surface area contributed by atoms with Gasteiger partial charge in [0.05, 0.1) is 24.0 Å². The van der Waals surface area contributed by atoms with Crippen molar-refractivity contribution in [3.8, 4) is 0 Å². The molecular weight excluding hydrogens is 436 g/mol. The van der Waals surface area contributed by atoms with Gasteiger partial charge in [-0.3, -0.25) is 9.97 Å². The molecule has 1 N–H and O–H groups in total. The summed E-state index contributed by atoms with van der Waals surface area (Å²) >= 11 is 7.34. The Labute approximate surface area is 196 Å². The van der Waals surface area contributed by atoms with E-state index in [-0.39, 0.29) is 12.1 Å². The van der Waals surface area contributed by atoms with Crippen LogP contribution in [0.25, 0.3) is 0 Å². The van der Waals surface area contributed by atoms with E-state index in [2.05, 4.69) is 51.4 Å². The fraction of sp³-hybridized carbons (Fsp3) is 0.160. The molecule has 4 aromatic rings. The number of aryl methyl sites for hydroxylation is 1. The second-order valence-electron chi connectivity index (χ2n) is 7.65. The molecule has 160 valence electrons. The first kappa shape index (κ1) is 20.7. The third-order valence-corrected chi connectivity index (χ3v) is 6.67. The number of pyridine rings is 2. The van der Waals surface area contributed by atoms with E-state index in [0.29, 0.717) is 11.7 Å². The van der Waals surface area contributed by atoms with Crippen molar-refractivity contribution in [1.29, 1.82) is 0 Å². The van der Waals surface area contributed by atoms with Gasteiger partial charge in [0, 0.05) is 17.3 Å². The molecule has 1 aliphatic rings. The zero-order chi connectivity index (χ0) is 21.9. The lowest BCUT2D eigenvalue weighted by Gasteiger charge is -2.25. The molecule has 1 aliphatic heterocycles. The standard InChI is InChI=1S/C25H22N4OS2/c1-17-8-10-19(11-9-17)32-22-13-12-21(30-22)24-23(20-7-3-5-15-27-20)28-25(31)29(24)16-18-6-2-4-14-26-18/h2-15,23-24H,16H2,1H3,(H,28,31). The lowest BCUT2D eigenvalue weighted by molar-refractivity contribution is 0.253. The Balaban J connectivity index is 1.47. The number of rotatable bonds is 6. The molecule has 1 saturated heterocycles. The van der Waals surface area contributed by atoms with Crippen molar-refractivity contribution >= 4 is 29.1 Å². The summed E-state index contributed by atoms with van der Waals surface area (Å²) < 4.78 is 6.34. The van der Waals surface area contributed by atoms with E-state index in [0.717, 1.165) is 27.1 Å². The van der Waals surface area contributed by atoms with Crippen LogP contribution < -0.4 is 5.32 Å². The molecule has 7 heteroatoms. The van der Waals surface area contributed by atoms with Gasteiger partial charge >= 0.3 is 0 Å². The first-order valence-corrected chi connectivity index (χ1v) is 11.6. The summed E-state index contributed by atoms with van der Waals surface area (Å²) in [5, 5.41) is 4.97. The molecule has 0 radical (unpaired) electrons. The molecule has 0 bridgehead atoms. The fourth-order valence-corrected chi connectivity index (χ4v) is 4.91. The van der Waals surface area contributed by atoms with Crippen LogP contribution >= 0.6 is 24.0 Å². The van der Waals surface area contributed by atoms with Gasteiger partial charge in [-0.25, -0.2) is 0 Å². The van der Waals surface area contributed by atoms with Crippen LogP contribution in [0.3, 0.4) is 0 Å². The van der Waals surface area contributed by atoms with Crippen LogP contribution in [0.1, 0.15) is 34.8 Å². The van der Waals surface area contributed by atoms with Gasteiger partial charge in [0.1, 0.15) is 11.8 Å². The number of benzene rings is 1. The lowest BCUT2D eigenvalue weighted by atomic mass is 10.0. The van der Waals surface area contributed by atoms with Crippen molar-refractivity contribution in [2.45, 2.75) is 35.5 Å². The number of hydrogen-bond donors (Lipinski definition) is 1. The van der Waals surface area contributed by atoms with Gasteiger partial charge < -0.3 is 14.6 Å². The highest BCUT2D eigenvalue weighted by Crippen LogP contribution is 2.41. The molecule has 5 nitrogen and oxygen atoms in total. The molecular formula is C25H22N4OS2. The summed E-state index contributed by atoms with van der Waals surface area (Å²) in [5.41, 5.74) is 3.11. The average Bonchev–Trinajstić information content (AvgIpc) is 3.41. The van der Waals surface area contributed by atoms with Crippen molar-refractivity contribution in [2.75, 3.05) is 0 Å². The molecule has 0 saturated carbocycles. The summed E-state index contributed by atoms with van der Waals surface area (Å²) in [7, 11) is 0. The highest BCUT2D eigenvalue weighted by atomic mass is 32.2. The zero-order valence-electron chi connectivity index (χ0n) is 17.5. The van der Waals surface area contributed by atoms with Gasteiger partial charge in [-0.05, 0) is 67.7 Å². The highest BCUT2D eigenvalue weighted by molar-refractivity contribution is 7.99. The van der Waals surface area contributed by atoms with Crippen molar-refractivity contribution < 1.29 is 4.42 Å². The minimum absolute atomic E-state index is 0.115.